The number of urea groups is 1. The highest BCUT2D eigenvalue weighted by Gasteiger charge is 2.26. The predicted octanol–water partition coefficient (Wildman–Crippen LogP) is 4.72. The fourth-order valence-electron chi connectivity index (χ4n) is 6.38. The molecule has 8 nitrogen and oxygen atoms in total. The van der Waals surface area contributed by atoms with Crippen molar-refractivity contribution < 1.29 is 14.6 Å². The predicted molar refractivity (Wildman–Crippen MR) is 153 cm³/mol. The number of nitrogens with zero attached hydrogens (tertiary/aromatic N) is 4. The van der Waals surface area contributed by atoms with Crippen LogP contribution in [0.3, 0.4) is 0 Å². The van der Waals surface area contributed by atoms with Gasteiger partial charge in [-0.25, -0.2) is 9.78 Å². The number of hydrogen-bond acceptors (Lipinski definition) is 7. The maximum atomic E-state index is 13.0. The van der Waals surface area contributed by atoms with Crippen molar-refractivity contribution in [2.45, 2.75) is 50.9 Å². The van der Waals surface area contributed by atoms with Gasteiger partial charge in [0.15, 0.2) is 5.13 Å². The van der Waals surface area contributed by atoms with Crippen molar-refractivity contribution in [2.75, 3.05) is 71.4 Å². The van der Waals surface area contributed by atoms with Crippen LogP contribution in [-0.2, 0) is 0 Å². The lowest BCUT2D eigenvalue weighted by Crippen LogP contribution is -2.52. The molecule has 0 unspecified atom stereocenters. The van der Waals surface area contributed by atoms with E-state index in [1.807, 2.05) is 10.3 Å². The molecular formula is C29H43N5O3S. The summed E-state index contributed by atoms with van der Waals surface area (Å²) in [5.41, 5.74) is 3.22. The average molecular weight is 542 g/mol. The van der Waals surface area contributed by atoms with Crippen molar-refractivity contribution >= 4 is 22.5 Å². The molecule has 0 bridgehead atoms. The maximum absolute atomic E-state index is 13.0. The number of nitrogens with one attached hydrogen (secondary N) is 1. The van der Waals surface area contributed by atoms with Crippen molar-refractivity contribution in [1.29, 1.82) is 0 Å². The average Bonchev–Trinajstić information content (AvgIpc) is 3.42. The van der Waals surface area contributed by atoms with E-state index in [1.165, 1.54) is 61.8 Å². The van der Waals surface area contributed by atoms with Crippen LogP contribution in [0.2, 0.25) is 0 Å². The van der Waals surface area contributed by atoms with Gasteiger partial charge >= 0.3 is 6.03 Å². The van der Waals surface area contributed by atoms with E-state index >= 15 is 0 Å². The number of hydrogen-bond donors (Lipinski definition) is 2. The van der Waals surface area contributed by atoms with Gasteiger partial charge in [0.2, 0.25) is 0 Å². The van der Waals surface area contributed by atoms with Crippen LogP contribution in [0.1, 0.15) is 56.4 Å². The summed E-state index contributed by atoms with van der Waals surface area (Å²) in [4.78, 5) is 24.6. The topological polar surface area (TPSA) is 81.2 Å². The van der Waals surface area contributed by atoms with Gasteiger partial charge in [0.25, 0.3) is 0 Å². The molecule has 2 aromatic rings. The monoisotopic (exact) mass is 541 g/mol. The Hall–Kier alpha value is -2.20. The Morgan fingerprint density at radius 3 is 2.66 bits per heavy atom. The molecule has 2 amide bonds. The molecule has 3 fully saturated rings. The van der Waals surface area contributed by atoms with E-state index in [0.717, 1.165) is 69.4 Å². The Morgan fingerprint density at radius 1 is 1.08 bits per heavy atom. The van der Waals surface area contributed by atoms with Gasteiger partial charge in [0, 0.05) is 56.8 Å². The van der Waals surface area contributed by atoms with Crippen molar-refractivity contribution in [3.8, 4) is 17.0 Å². The van der Waals surface area contributed by atoms with Crippen molar-refractivity contribution in [2.24, 2.45) is 5.92 Å². The Kier molecular flexibility index (Phi) is 9.54. The Labute approximate surface area is 231 Å². The summed E-state index contributed by atoms with van der Waals surface area (Å²) < 4.78 is 5.66. The lowest BCUT2D eigenvalue weighted by atomic mass is 9.83. The van der Waals surface area contributed by atoms with E-state index in [4.69, 9.17) is 9.72 Å². The molecule has 38 heavy (non-hydrogen) atoms. The lowest BCUT2D eigenvalue weighted by molar-refractivity contribution is 0.0924. The van der Waals surface area contributed by atoms with E-state index in [1.54, 1.807) is 7.11 Å². The minimum absolute atomic E-state index is 0.0692. The second kappa shape index (κ2) is 13.2. The lowest BCUT2D eigenvalue weighted by Gasteiger charge is -2.39. The second-order valence-electron chi connectivity index (χ2n) is 11.1. The quantitative estimate of drug-likeness (QED) is 0.503. The number of likely N-dealkylation sites (tertiary alicyclic amines) is 1. The van der Waals surface area contributed by atoms with Gasteiger partial charge in [-0.3, -0.25) is 10.2 Å². The van der Waals surface area contributed by atoms with Crippen molar-refractivity contribution in [3.05, 3.63) is 29.1 Å². The first-order valence-electron chi connectivity index (χ1n) is 14.4. The minimum Gasteiger partial charge on any atom is -0.496 e. The number of aromatic nitrogens is 1. The van der Waals surface area contributed by atoms with Crippen molar-refractivity contribution in [3.63, 3.8) is 0 Å². The Balaban J connectivity index is 1.14. The zero-order valence-electron chi connectivity index (χ0n) is 22.7. The van der Waals surface area contributed by atoms with E-state index < -0.39 is 0 Å². The van der Waals surface area contributed by atoms with Crippen LogP contribution in [0.4, 0.5) is 9.93 Å². The zero-order valence-corrected chi connectivity index (χ0v) is 23.6. The summed E-state index contributed by atoms with van der Waals surface area (Å²) >= 11 is 1.47. The van der Waals surface area contributed by atoms with Gasteiger partial charge in [-0.15, -0.1) is 11.3 Å². The number of β-amino-alcohol motifs (C(OH)–C–C–N with tert-alkyl or cyclic N) is 1. The summed E-state index contributed by atoms with van der Waals surface area (Å²) in [6.45, 7) is 7.53. The zero-order chi connectivity index (χ0) is 26.3. The molecule has 2 aliphatic heterocycles. The number of piperazine rings is 1. The van der Waals surface area contributed by atoms with Gasteiger partial charge in [0.05, 0.1) is 19.4 Å². The Morgan fingerprint density at radius 2 is 1.89 bits per heavy atom. The van der Waals surface area contributed by atoms with Crippen LogP contribution in [0.5, 0.6) is 5.75 Å². The number of aliphatic hydroxyl groups is 1. The highest BCUT2D eigenvalue weighted by molar-refractivity contribution is 7.14. The third kappa shape index (κ3) is 6.86. The molecule has 208 valence electrons. The van der Waals surface area contributed by atoms with Crippen LogP contribution in [0.25, 0.3) is 11.3 Å². The minimum atomic E-state index is -0.0692. The summed E-state index contributed by atoms with van der Waals surface area (Å²) in [5.74, 6) is 2.09. The summed E-state index contributed by atoms with van der Waals surface area (Å²) in [7, 11) is 1.70. The normalized spacial score (nSPS) is 21.9. The van der Waals surface area contributed by atoms with Crippen molar-refractivity contribution in [1.82, 2.24) is 19.7 Å². The molecule has 1 aromatic carbocycles. The molecule has 9 heteroatoms. The van der Waals surface area contributed by atoms with E-state index in [9.17, 15) is 9.90 Å². The molecule has 1 aliphatic carbocycles. The molecule has 2 N–H and O–H groups in total. The number of ether oxygens (including phenoxy) is 1. The van der Waals surface area contributed by atoms with Gasteiger partial charge in [0.1, 0.15) is 5.75 Å². The first-order valence-corrected chi connectivity index (χ1v) is 15.3. The number of carbonyl (C=O) groups excluding carboxylic acids is 1. The molecule has 3 heterocycles. The smallest absolute Gasteiger partial charge is 0.323 e. The van der Waals surface area contributed by atoms with Crippen LogP contribution >= 0.6 is 11.3 Å². The number of aliphatic hydroxyl groups excluding tert-OH is 1. The van der Waals surface area contributed by atoms with E-state index in [2.05, 4.69) is 33.3 Å². The second-order valence-corrected chi connectivity index (χ2v) is 11.9. The molecule has 1 aromatic heterocycles. The number of anilines is 1. The molecule has 0 spiro atoms. The number of thiazole rings is 1. The largest absolute Gasteiger partial charge is 0.496 e. The van der Waals surface area contributed by atoms with Crippen LogP contribution in [0.15, 0.2) is 23.6 Å². The third-order valence-electron chi connectivity index (χ3n) is 8.49. The van der Waals surface area contributed by atoms with Gasteiger partial charge in [-0.05, 0) is 61.8 Å². The maximum Gasteiger partial charge on any atom is 0.323 e. The number of piperidine rings is 1. The molecule has 1 saturated carbocycles. The number of rotatable bonds is 8. The number of benzene rings is 1. The first-order chi connectivity index (χ1) is 18.6. The third-order valence-corrected chi connectivity index (χ3v) is 9.25. The molecule has 1 atom stereocenters. The van der Waals surface area contributed by atoms with Crippen LogP contribution < -0.4 is 10.1 Å². The van der Waals surface area contributed by atoms with Gasteiger partial charge < -0.3 is 19.6 Å². The number of amides is 2. The fourth-order valence-corrected chi connectivity index (χ4v) is 7.08. The van der Waals surface area contributed by atoms with Gasteiger partial charge in [-0.2, -0.15) is 0 Å². The Bertz CT molecular complexity index is 1050. The molecule has 3 aliphatic rings. The van der Waals surface area contributed by atoms with E-state index in [0.29, 0.717) is 17.0 Å². The highest BCUT2D eigenvalue weighted by Crippen LogP contribution is 2.38. The fraction of sp³-hybridized carbons (Fsp3) is 0.655. The standard InChI is InChI=1S/C29H43N5O3S/c1-37-27-10-9-24(23-7-3-2-4-8-23)18-25(27)26-21-38-28(30-26)31-29(36)34-14-12-33(13-15-34)20-22-6-5-11-32(19-22)16-17-35/h9-10,18,21-23,35H,2-8,11-17,19-20H2,1H3,(H,30,31,36)/t22-/m1/s1. The van der Waals surface area contributed by atoms with E-state index in [-0.39, 0.29) is 12.6 Å². The number of carbonyl (C=O) groups is 1. The van der Waals surface area contributed by atoms with Crippen LogP contribution in [-0.4, -0.2) is 96.9 Å². The number of methoxy groups -OCH3 is 1. The van der Waals surface area contributed by atoms with Gasteiger partial charge in [-0.1, -0.05) is 25.3 Å². The summed E-state index contributed by atoms with van der Waals surface area (Å²) in [6.07, 6.45) is 8.91. The first kappa shape index (κ1) is 27.4. The SMILES string of the molecule is COc1ccc(C2CCCCC2)cc1-c1csc(NC(=O)N2CCN(C[C@@H]3CCCN(CCO)C3)CC2)n1. The highest BCUT2D eigenvalue weighted by atomic mass is 32.1. The molecular weight excluding hydrogens is 498 g/mol. The molecule has 0 radical (unpaired) electrons. The molecule has 2 saturated heterocycles. The molecule has 5 rings (SSSR count). The summed E-state index contributed by atoms with van der Waals surface area (Å²) in [6, 6.07) is 6.44. The van der Waals surface area contributed by atoms with Crippen LogP contribution in [0, 0.1) is 5.92 Å². The summed E-state index contributed by atoms with van der Waals surface area (Å²) in [5, 5.41) is 14.9.